The van der Waals surface area contributed by atoms with Crippen LogP contribution in [0, 0.1) is 0 Å². The molecule has 1 unspecified atom stereocenters. The maximum Gasteiger partial charge on any atom is 0.232 e. The molecule has 0 saturated heterocycles. The Morgan fingerprint density at radius 3 is 2.37 bits per heavy atom. The molecule has 0 saturated carbocycles. The molecule has 2 rings (SSSR count). The number of aromatic hydroxyl groups is 1. The number of carbonyl (C=O) groups is 1. The average Bonchev–Trinajstić information content (AvgIpc) is 2.43. The Balaban J connectivity index is 2.17. The van der Waals surface area contributed by atoms with Gasteiger partial charge in [-0.1, -0.05) is 49.4 Å². The predicted octanol–water partition coefficient (Wildman–Crippen LogP) is 3.52. The Labute approximate surface area is 112 Å². The summed E-state index contributed by atoms with van der Waals surface area (Å²) in [5.41, 5.74) is 1.43. The molecule has 0 spiro atoms. The van der Waals surface area contributed by atoms with Crippen LogP contribution in [0.3, 0.4) is 0 Å². The monoisotopic (exact) mass is 255 g/mol. The van der Waals surface area contributed by atoms with E-state index in [0.29, 0.717) is 12.1 Å². The number of hydrogen-bond acceptors (Lipinski definition) is 2. The highest BCUT2D eigenvalue weighted by molar-refractivity contribution is 5.96. The first-order chi connectivity index (χ1) is 9.22. The summed E-state index contributed by atoms with van der Waals surface area (Å²) in [6.45, 7) is 1.97. The Morgan fingerprint density at radius 2 is 1.74 bits per heavy atom. The summed E-state index contributed by atoms with van der Waals surface area (Å²) in [5.74, 6) is -0.227. The molecule has 1 atom stereocenters. The lowest BCUT2D eigenvalue weighted by Crippen LogP contribution is -2.20. The zero-order valence-electron chi connectivity index (χ0n) is 10.8. The Bertz CT molecular complexity index is 552. The Kier molecular flexibility index (Phi) is 4.18. The number of phenolic OH excluding ortho intramolecular Hbond substituents is 1. The van der Waals surface area contributed by atoms with Crippen molar-refractivity contribution in [2.75, 3.05) is 5.32 Å². The zero-order valence-corrected chi connectivity index (χ0v) is 10.8. The second-order valence-electron chi connectivity index (χ2n) is 4.38. The molecule has 3 nitrogen and oxygen atoms in total. The van der Waals surface area contributed by atoms with Gasteiger partial charge in [-0.3, -0.25) is 4.79 Å². The Morgan fingerprint density at radius 1 is 1.11 bits per heavy atom. The van der Waals surface area contributed by atoms with Gasteiger partial charge in [0.05, 0.1) is 11.6 Å². The molecule has 0 radical (unpaired) electrons. The molecule has 0 aromatic heterocycles. The van der Waals surface area contributed by atoms with Gasteiger partial charge in [0.25, 0.3) is 0 Å². The van der Waals surface area contributed by atoms with E-state index in [9.17, 15) is 9.90 Å². The fraction of sp³-hybridized carbons (Fsp3) is 0.188. The highest BCUT2D eigenvalue weighted by atomic mass is 16.3. The van der Waals surface area contributed by atoms with Gasteiger partial charge in [0, 0.05) is 0 Å². The molecule has 1 amide bonds. The lowest BCUT2D eigenvalue weighted by molar-refractivity contribution is -0.117. The number of amides is 1. The second kappa shape index (κ2) is 6.05. The molecule has 0 aliphatic carbocycles. The van der Waals surface area contributed by atoms with E-state index in [1.54, 1.807) is 24.3 Å². The topological polar surface area (TPSA) is 49.3 Å². The maximum atomic E-state index is 12.3. The van der Waals surface area contributed by atoms with Gasteiger partial charge in [0.1, 0.15) is 5.75 Å². The van der Waals surface area contributed by atoms with E-state index in [1.807, 2.05) is 37.3 Å². The molecule has 0 fully saturated rings. The summed E-state index contributed by atoms with van der Waals surface area (Å²) in [7, 11) is 0. The molecule has 2 aromatic carbocycles. The van der Waals surface area contributed by atoms with Crippen molar-refractivity contribution in [2.24, 2.45) is 0 Å². The number of carbonyl (C=O) groups excluding carboxylic acids is 1. The van der Waals surface area contributed by atoms with Crippen molar-refractivity contribution in [3.63, 3.8) is 0 Å². The molecule has 0 aliphatic rings. The van der Waals surface area contributed by atoms with Crippen molar-refractivity contribution in [2.45, 2.75) is 19.3 Å². The van der Waals surface area contributed by atoms with Crippen LogP contribution in [0.25, 0.3) is 0 Å². The van der Waals surface area contributed by atoms with Crippen molar-refractivity contribution < 1.29 is 9.90 Å². The summed E-state index contributed by atoms with van der Waals surface area (Å²) >= 11 is 0. The first-order valence-corrected chi connectivity index (χ1v) is 6.36. The summed E-state index contributed by atoms with van der Waals surface area (Å²) in [6.07, 6.45) is 0.712. The van der Waals surface area contributed by atoms with E-state index in [4.69, 9.17) is 0 Å². The average molecular weight is 255 g/mol. The molecule has 2 N–H and O–H groups in total. The van der Waals surface area contributed by atoms with Crippen LogP contribution in [0.1, 0.15) is 24.8 Å². The number of benzene rings is 2. The van der Waals surface area contributed by atoms with Crippen molar-refractivity contribution in [3.05, 3.63) is 60.2 Å². The maximum absolute atomic E-state index is 12.3. The highest BCUT2D eigenvalue weighted by Crippen LogP contribution is 2.25. The summed E-state index contributed by atoms with van der Waals surface area (Å²) in [6, 6.07) is 16.4. The lowest BCUT2D eigenvalue weighted by atomic mass is 9.95. The van der Waals surface area contributed by atoms with E-state index < -0.39 is 0 Å². The first kappa shape index (κ1) is 13.1. The van der Waals surface area contributed by atoms with Gasteiger partial charge in [-0.15, -0.1) is 0 Å². The molecule has 19 heavy (non-hydrogen) atoms. The predicted molar refractivity (Wildman–Crippen MR) is 76.2 cm³/mol. The molecule has 2 aromatic rings. The van der Waals surface area contributed by atoms with Gasteiger partial charge < -0.3 is 10.4 Å². The fourth-order valence-electron chi connectivity index (χ4n) is 2.06. The summed E-state index contributed by atoms with van der Waals surface area (Å²) in [5, 5.41) is 12.4. The van der Waals surface area contributed by atoms with Crippen molar-refractivity contribution in [1.82, 2.24) is 0 Å². The molecule has 3 heteroatoms. The molecule has 0 heterocycles. The highest BCUT2D eigenvalue weighted by Gasteiger charge is 2.19. The number of hydrogen-bond donors (Lipinski definition) is 2. The van der Waals surface area contributed by atoms with Crippen LogP contribution in [0.15, 0.2) is 54.6 Å². The largest absolute Gasteiger partial charge is 0.506 e. The zero-order chi connectivity index (χ0) is 13.7. The number of phenols is 1. The normalized spacial score (nSPS) is 11.8. The van der Waals surface area contributed by atoms with E-state index in [2.05, 4.69) is 5.32 Å². The third kappa shape index (κ3) is 3.13. The van der Waals surface area contributed by atoms with Crippen molar-refractivity contribution in [1.29, 1.82) is 0 Å². The summed E-state index contributed by atoms with van der Waals surface area (Å²) < 4.78 is 0. The smallest absolute Gasteiger partial charge is 0.232 e. The standard InChI is InChI=1S/C16H17NO2/c1-2-13(12-8-4-3-5-9-12)16(19)17-14-10-6-7-11-15(14)18/h3-11,13,18H,2H2,1H3,(H,17,19). The number of nitrogens with one attached hydrogen (secondary N) is 1. The van der Waals surface area contributed by atoms with Crippen molar-refractivity contribution >= 4 is 11.6 Å². The van der Waals surface area contributed by atoms with Crippen LogP contribution in [0.4, 0.5) is 5.69 Å². The lowest BCUT2D eigenvalue weighted by Gasteiger charge is -2.15. The van der Waals surface area contributed by atoms with E-state index >= 15 is 0 Å². The van der Waals surface area contributed by atoms with Gasteiger partial charge >= 0.3 is 0 Å². The minimum atomic E-state index is -0.208. The van der Waals surface area contributed by atoms with Crippen LogP contribution in [0.5, 0.6) is 5.75 Å². The number of rotatable bonds is 4. The van der Waals surface area contributed by atoms with Crippen LogP contribution in [0.2, 0.25) is 0 Å². The molecular formula is C16H17NO2. The van der Waals surface area contributed by atoms with Gasteiger partial charge in [-0.2, -0.15) is 0 Å². The van der Waals surface area contributed by atoms with Gasteiger partial charge in [-0.05, 0) is 24.1 Å². The van der Waals surface area contributed by atoms with Crippen LogP contribution in [-0.2, 0) is 4.79 Å². The third-order valence-corrected chi connectivity index (χ3v) is 3.09. The quantitative estimate of drug-likeness (QED) is 0.821. The van der Waals surface area contributed by atoms with Crippen molar-refractivity contribution in [3.8, 4) is 5.75 Å². The third-order valence-electron chi connectivity index (χ3n) is 3.09. The fourth-order valence-corrected chi connectivity index (χ4v) is 2.06. The van der Waals surface area contributed by atoms with Crippen LogP contribution >= 0.6 is 0 Å². The van der Waals surface area contributed by atoms with E-state index in [-0.39, 0.29) is 17.6 Å². The summed E-state index contributed by atoms with van der Waals surface area (Å²) in [4.78, 5) is 12.3. The van der Waals surface area contributed by atoms with Crippen LogP contribution in [-0.4, -0.2) is 11.0 Å². The van der Waals surface area contributed by atoms with E-state index in [0.717, 1.165) is 5.56 Å². The minimum Gasteiger partial charge on any atom is -0.506 e. The van der Waals surface area contributed by atoms with Gasteiger partial charge in [-0.25, -0.2) is 0 Å². The Hall–Kier alpha value is -2.29. The molecular weight excluding hydrogens is 238 g/mol. The molecule has 0 bridgehead atoms. The van der Waals surface area contributed by atoms with E-state index in [1.165, 1.54) is 0 Å². The van der Waals surface area contributed by atoms with Crippen LogP contribution < -0.4 is 5.32 Å². The second-order valence-corrected chi connectivity index (χ2v) is 4.38. The number of para-hydroxylation sites is 2. The SMILES string of the molecule is CCC(C(=O)Nc1ccccc1O)c1ccccc1. The van der Waals surface area contributed by atoms with Gasteiger partial charge in [0.15, 0.2) is 0 Å². The van der Waals surface area contributed by atoms with Gasteiger partial charge in [0.2, 0.25) is 5.91 Å². The first-order valence-electron chi connectivity index (χ1n) is 6.36. The molecule has 0 aliphatic heterocycles. The minimum absolute atomic E-state index is 0.0822. The number of anilines is 1. The molecule has 98 valence electrons.